The van der Waals surface area contributed by atoms with Gasteiger partial charge < -0.3 is 15.4 Å². The molecule has 1 aromatic carbocycles. The first-order valence-corrected chi connectivity index (χ1v) is 7.89. The van der Waals surface area contributed by atoms with Crippen LogP contribution in [-0.2, 0) is 23.9 Å². The van der Waals surface area contributed by atoms with Gasteiger partial charge in [0.15, 0.2) is 5.78 Å². The van der Waals surface area contributed by atoms with Crippen LogP contribution in [0, 0.1) is 5.41 Å². The Bertz CT molecular complexity index is 709. The summed E-state index contributed by atoms with van der Waals surface area (Å²) < 4.78 is 4.89. The molecule has 1 aromatic rings. The van der Waals surface area contributed by atoms with E-state index in [-0.39, 0.29) is 16.6 Å². The fourth-order valence-corrected chi connectivity index (χ4v) is 2.05. The predicted octanol–water partition coefficient (Wildman–Crippen LogP) is 2.78. The van der Waals surface area contributed by atoms with Crippen LogP contribution in [0.2, 0.25) is 5.02 Å². The van der Waals surface area contributed by atoms with Crippen LogP contribution in [0.3, 0.4) is 0 Å². The van der Waals surface area contributed by atoms with Crippen LogP contribution in [0.15, 0.2) is 18.2 Å². The molecule has 2 N–H and O–H groups in total. The summed E-state index contributed by atoms with van der Waals surface area (Å²) in [5.41, 5.74) is -0.297. The van der Waals surface area contributed by atoms with Gasteiger partial charge in [0.1, 0.15) is 0 Å². The molecule has 0 aliphatic carbocycles. The van der Waals surface area contributed by atoms with Crippen molar-refractivity contribution in [2.24, 2.45) is 5.41 Å². The SMILES string of the molecule is CC(=O)Nc1ccc(Cl)c(NC(=O)C(OC(C)=O)C(=O)C(C)(C)C)c1. The Kier molecular flexibility index (Phi) is 6.70. The standard InChI is InChI=1S/C17H21ClN2O5/c1-9(21)19-11-6-7-12(18)13(8-11)20-16(24)14(25-10(2)22)15(23)17(3,4)5/h6-8,14H,1-5H3,(H,19,21)(H,20,24). The average molecular weight is 369 g/mol. The summed E-state index contributed by atoms with van der Waals surface area (Å²) in [6, 6.07) is 4.48. The first-order valence-electron chi connectivity index (χ1n) is 7.51. The number of ether oxygens (including phenoxy) is 1. The first-order chi connectivity index (χ1) is 11.4. The van der Waals surface area contributed by atoms with Crippen LogP contribution in [0.5, 0.6) is 0 Å². The Morgan fingerprint density at radius 3 is 2.16 bits per heavy atom. The fourth-order valence-electron chi connectivity index (χ4n) is 1.89. The predicted molar refractivity (Wildman–Crippen MR) is 94.4 cm³/mol. The third-order valence-corrected chi connectivity index (χ3v) is 3.37. The molecule has 1 rings (SSSR count). The molecule has 0 bridgehead atoms. The quantitative estimate of drug-likeness (QED) is 0.614. The number of amides is 2. The molecule has 1 atom stereocenters. The van der Waals surface area contributed by atoms with Gasteiger partial charge in [0, 0.05) is 24.9 Å². The van der Waals surface area contributed by atoms with E-state index >= 15 is 0 Å². The highest BCUT2D eigenvalue weighted by Crippen LogP contribution is 2.27. The largest absolute Gasteiger partial charge is 0.444 e. The molecule has 7 nitrogen and oxygen atoms in total. The summed E-state index contributed by atoms with van der Waals surface area (Å²) in [6.07, 6.45) is -1.60. The number of carbonyl (C=O) groups is 4. The second-order valence-electron chi connectivity index (χ2n) is 6.47. The molecule has 8 heteroatoms. The maximum absolute atomic E-state index is 12.5. The molecule has 0 fully saturated rings. The zero-order valence-electron chi connectivity index (χ0n) is 14.7. The number of anilines is 2. The average Bonchev–Trinajstić information content (AvgIpc) is 2.45. The minimum absolute atomic E-state index is 0.178. The van der Waals surface area contributed by atoms with E-state index < -0.39 is 29.2 Å². The molecule has 136 valence electrons. The van der Waals surface area contributed by atoms with Crippen molar-refractivity contribution in [2.75, 3.05) is 10.6 Å². The Morgan fingerprint density at radius 2 is 1.68 bits per heavy atom. The van der Waals surface area contributed by atoms with Crippen LogP contribution >= 0.6 is 11.6 Å². The van der Waals surface area contributed by atoms with E-state index in [0.29, 0.717) is 5.69 Å². The van der Waals surface area contributed by atoms with E-state index in [1.165, 1.54) is 19.1 Å². The number of benzene rings is 1. The molecule has 0 radical (unpaired) electrons. The van der Waals surface area contributed by atoms with Gasteiger partial charge >= 0.3 is 5.97 Å². The lowest BCUT2D eigenvalue weighted by Gasteiger charge is -2.23. The second-order valence-corrected chi connectivity index (χ2v) is 6.88. The van der Waals surface area contributed by atoms with Crippen molar-refractivity contribution < 1.29 is 23.9 Å². The van der Waals surface area contributed by atoms with Gasteiger partial charge in [-0.1, -0.05) is 32.4 Å². The number of hydrogen-bond acceptors (Lipinski definition) is 5. The number of hydrogen-bond donors (Lipinski definition) is 2. The molecule has 0 aromatic heterocycles. The summed E-state index contributed by atoms with van der Waals surface area (Å²) in [5.74, 6) is -2.41. The number of nitrogens with one attached hydrogen (secondary N) is 2. The number of halogens is 1. The highest BCUT2D eigenvalue weighted by molar-refractivity contribution is 6.34. The Balaban J connectivity index is 3.09. The highest BCUT2D eigenvalue weighted by Gasteiger charge is 2.37. The van der Waals surface area contributed by atoms with Gasteiger partial charge in [0.25, 0.3) is 5.91 Å². The Labute approximate surface area is 151 Å². The van der Waals surface area contributed by atoms with Gasteiger partial charge in [-0.25, -0.2) is 0 Å². The lowest BCUT2D eigenvalue weighted by atomic mass is 9.87. The monoisotopic (exact) mass is 368 g/mol. The molecule has 0 heterocycles. The second kappa shape index (κ2) is 8.11. The Hall–Kier alpha value is -2.41. The van der Waals surface area contributed by atoms with Gasteiger partial charge in [0.2, 0.25) is 12.0 Å². The van der Waals surface area contributed by atoms with Crippen molar-refractivity contribution in [1.29, 1.82) is 0 Å². The van der Waals surface area contributed by atoms with Crippen LogP contribution in [0.25, 0.3) is 0 Å². The van der Waals surface area contributed by atoms with Gasteiger partial charge in [-0.15, -0.1) is 0 Å². The van der Waals surface area contributed by atoms with Crippen molar-refractivity contribution in [2.45, 2.75) is 40.7 Å². The van der Waals surface area contributed by atoms with Crippen LogP contribution in [0.1, 0.15) is 34.6 Å². The fraction of sp³-hybridized carbons (Fsp3) is 0.412. The maximum atomic E-state index is 12.5. The molecule has 0 aliphatic rings. The summed E-state index contributed by atoms with van der Waals surface area (Å²) in [5, 5.41) is 5.22. The van der Waals surface area contributed by atoms with E-state index in [1.807, 2.05) is 0 Å². The van der Waals surface area contributed by atoms with Gasteiger partial charge in [0.05, 0.1) is 10.7 Å². The molecule has 2 amide bonds. The molecule has 0 saturated carbocycles. The van der Waals surface area contributed by atoms with Gasteiger partial charge in [-0.2, -0.15) is 0 Å². The van der Waals surface area contributed by atoms with E-state index in [9.17, 15) is 19.2 Å². The zero-order valence-corrected chi connectivity index (χ0v) is 15.5. The summed E-state index contributed by atoms with van der Waals surface area (Å²) >= 11 is 6.04. The maximum Gasteiger partial charge on any atom is 0.303 e. The number of esters is 1. The summed E-state index contributed by atoms with van der Waals surface area (Å²) in [6.45, 7) is 7.29. The number of carbonyl (C=O) groups excluding carboxylic acids is 4. The molecular formula is C17H21ClN2O5. The van der Waals surface area contributed by atoms with E-state index in [1.54, 1.807) is 26.8 Å². The zero-order chi connectivity index (χ0) is 19.4. The molecule has 0 spiro atoms. The van der Waals surface area contributed by atoms with E-state index in [4.69, 9.17) is 16.3 Å². The van der Waals surface area contributed by atoms with E-state index in [2.05, 4.69) is 10.6 Å². The molecule has 0 saturated heterocycles. The molecule has 0 aliphatic heterocycles. The van der Waals surface area contributed by atoms with Crippen molar-refractivity contribution in [3.8, 4) is 0 Å². The Morgan fingerprint density at radius 1 is 1.08 bits per heavy atom. The minimum atomic E-state index is -1.60. The molecule has 1 unspecified atom stereocenters. The van der Waals surface area contributed by atoms with Gasteiger partial charge in [-0.05, 0) is 18.2 Å². The van der Waals surface area contributed by atoms with Crippen molar-refractivity contribution >= 4 is 46.5 Å². The smallest absolute Gasteiger partial charge is 0.303 e. The van der Waals surface area contributed by atoms with Crippen LogP contribution in [-0.4, -0.2) is 29.7 Å². The third-order valence-electron chi connectivity index (χ3n) is 3.04. The highest BCUT2D eigenvalue weighted by atomic mass is 35.5. The topological polar surface area (TPSA) is 102 Å². The lowest BCUT2D eigenvalue weighted by molar-refractivity contribution is -0.160. The molecule has 25 heavy (non-hydrogen) atoms. The normalized spacial score (nSPS) is 12.1. The van der Waals surface area contributed by atoms with Gasteiger partial charge in [-0.3, -0.25) is 19.2 Å². The van der Waals surface area contributed by atoms with Crippen LogP contribution < -0.4 is 10.6 Å². The molecular weight excluding hydrogens is 348 g/mol. The first kappa shape index (κ1) is 20.6. The minimum Gasteiger partial charge on any atom is -0.444 e. The number of ketones is 1. The number of Topliss-reactive ketones (excluding diaryl/α,β-unsaturated/α-hetero) is 1. The van der Waals surface area contributed by atoms with Crippen molar-refractivity contribution in [1.82, 2.24) is 0 Å². The summed E-state index contributed by atoms with van der Waals surface area (Å²) in [7, 11) is 0. The van der Waals surface area contributed by atoms with E-state index in [0.717, 1.165) is 6.92 Å². The third kappa shape index (κ3) is 6.19. The number of rotatable bonds is 5. The van der Waals surface area contributed by atoms with Crippen molar-refractivity contribution in [3.05, 3.63) is 23.2 Å². The summed E-state index contributed by atoms with van der Waals surface area (Å²) in [4.78, 5) is 47.3. The van der Waals surface area contributed by atoms with Crippen molar-refractivity contribution in [3.63, 3.8) is 0 Å². The van der Waals surface area contributed by atoms with Crippen LogP contribution in [0.4, 0.5) is 11.4 Å². The lowest BCUT2D eigenvalue weighted by Crippen LogP contribution is -2.44.